The van der Waals surface area contributed by atoms with Crippen LogP contribution in [0.3, 0.4) is 0 Å². The lowest BCUT2D eigenvalue weighted by molar-refractivity contribution is -0.134. The van der Waals surface area contributed by atoms with Crippen molar-refractivity contribution >= 4 is 41.0 Å². The van der Waals surface area contributed by atoms with Gasteiger partial charge in [-0.15, -0.1) is 0 Å². The Kier molecular flexibility index (Phi) is 4.55. The number of carbonyl (C=O) groups is 3. The minimum Gasteiger partial charge on any atom is -0.425 e. The molecule has 0 aromatic heterocycles. The summed E-state index contributed by atoms with van der Waals surface area (Å²) in [5.41, 5.74) is 0.683. The molecule has 1 heterocycles. The number of esters is 1. The second-order valence-corrected chi connectivity index (χ2v) is 5.87. The summed E-state index contributed by atoms with van der Waals surface area (Å²) >= 11 is 11.8. The van der Waals surface area contributed by atoms with E-state index in [-0.39, 0.29) is 28.8 Å². The smallest absolute Gasteiger partial charge is 0.313 e. The van der Waals surface area contributed by atoms with E-state index in [0.717, 1.165) is 4.90 Å². The summed E-state index contributed by atoms with van der Waals surface area (Å²) < 4.78 is 5.13. The normalized spacial score (nSPS) is 13.2. The van der Waals surface area contributed by atoms with Gasteiger partial charge in [0.1, 0.15) is 5.02 Å². The molecule has 0 saturated carbocycles. The first kappa shape index (κ1) is 16.5. The molecule has 0 unspecified atom stereocenters. The van der Waals surface area contributed by atoms with Gasteiger partial charge in [-0.05, 0) is 24.3 Å². The van der Waals surface area contributed by atoms with E-state index in [0.29, 0.717) is 11.1 Å². The number of hydrogen-bond acceptors (Lipinski definition) is 4. The molecule has 24 heavy (non-hydrogen) atoms. The minimum absolute atomic E-state index is 0.0661. The molecule has 7 heteroatoms. The molecule has 2 amide bonds. The highest BCUT2D eigenvalue weighted by atomic mass is 35.5. The van der Waals surface area contributed by atoms with E-state index in [1.54, 1.807) is 36.4 Å². The van der Waals surface area contributed by atoms with E-state index in [1.165, 1.54) is 6.07 Å². The first-order valence-corrected chi connectivity index (χ1v) is 7.84. The van der Waals surface area contributed by atoms with Crippen LogP contribution in [-0.4, -0.2) is 29.2 Å². The van der Waals surface area contributed by atoms with Gasteiger partial charge < -0.3 is 4.74 Å². The van der Waals surface area contributed by atoms with Crippen molar-refractivity contribution in [3.8, 4) is 5.75 Å². The summed E-state index contributed by atoms with van der Waals surface area (Å²) in [6.45, 7) is -0.0661. The zero-order valence-corrected chi connectivity index (χ0v) is 13.8. The number of imide groups is 1. The number of carbonyl (C=O) groups excluding carboxylic acids is 3. The molecule has 3 rings (SSSR count). The van der Waals surface area contributed by atoms with Gasteiger partial charge in [0.25, 0.3) is 11.8 Å². The van der Waals surface area contributed by atoms with E-state index in [9.17, 15) is 14.4 Å². The second kappa shape index (κ2) is 6.63. The van der Waals surface area contributed by atoms with Crippen molar-refractivity contribution in [3.63, 3.8) is 0 Å². The first-order chi connectivity index (χ1) is 11.5. The predicted molar refractivity (Wildman–Crippen MR) is 88.5 cm³/mol. The average Bonchev–Trinajstić information content (AvgIpc) is 2.82. The van der Waals surface area contributed by atoms with Crippen LogP contribution < -0.4 is 4.74 Å². The van der Waals surface area contributed by atoms with E-state index in [1.807, 2.05) is 0 Å². The van der Waals surface area contributed by atoms with Gasteiger partial charge in [0, 0.05) is 6.54 Å². The summed E-state index contributed by atoms with van der Waals surface area (Å²) in [5.74, 6) is -1.30. The van der Waals surface area contributed by atoms with Crippen molar-refractivity contribution in [1.29, 1.82) is 0 Å². The summed E-state index contributed by atoms with van der Waals surface area (Å²) in [6, 6.07) is 11.2. The Morgan fingerprint density at radius 1 is 0.958 bits per heavy atom. The number of fused-ring (bicyclic) bond motifs is 1. The van der Waals surface area contributed by atoms with Gasteiger partial charge in [-0.3, -0.25) is 19.3 Å². The molecule has 2 aromatic carbocycles. The Hall–Kier alpha value is -2.37. The zero-order chi connectivity index (χ0) is 17.3. The third kappa shape index (κ3) is 3.00. The number of rotatable bonds is 4. The Labute approximate surface area is 147 Å². The van der Waals surface area contributed by atoms with Crippen molar-refractivity contribution < 1.29 is 19.1 Å². The maximum Gasteiger partial charge on any atom is 0.313 e. The molecule has 0 spiro atoms. The van der Waals surface area contributed by atoms with Crippen molar-refractivity contribution in [2.45, 2.75) is 6.42 Å². The molecule has 0 N–H and O–H groups in total. The molecule has 0 atom stereocenters. The van der Waals surface area contributed by atoms with Crippen molar-refractivity contribution in [2.75, 3.05) is 6.54 Å². The highest BCUT2D eigenvalue weighted by molar-refractivity contribution is 6.43. The van der Waals surface area contributed by atoms with Crippen molar-refractivity contribution in [3.05, 3.63) is 63.6 Å². The van der Waals surface area contributed by atoms with Gasteiger partial charge in [-0.2, -0.15) is 0 Å². The molecule has 0 radical (unpaired) electrons. The lowest BCUT2D eigenvalue weighted by atomic mass is 10.1. The Morgan fingerprint density at radius 3 is 2.21 bits per heavy atom. The number of hydrogen-bond donors (Lipinski definition) is 0. The third-order valence-electron chi connectivity index (χ3n) is 3.56. The number of benzene rings is 2. The first-order valence-electron chi connectivity index (χ1n) is 7.09. The molecule has 122 valence electrons. The number of nitrogens with zero attached hydrogens (tertiary/aromatic N) is 1. The Balaban J connectivity index is 1.64. The van der Waals surface area contributed by atoms with Crippen molar-refractivity contribution in [2.24, 2.45) is 0 Å². The fourth-order valence-corrected chi connectivity index (χ4v) is 2.71. The van der Waals surface area contributed by atoms with Gasteiger partial charge in [-0.1, -0.05) is 41.4 Å². The lowest BCUT2D eigenvalue weighted by Crippen LogP contribution is -2.32. The van der Waals surface area contributed by atoms with Crippen LogP contribution >= 0.6 is 23.2 Å². The SMILES string of the molecule is O=C(CCN1C(=O)c2ccccc2C1=O)Oc1cccc(Cl)c1Cl. The molecule has 0 fully saturated rings. The maximum atomic E-state index is 12.2. The quantitative estimate of drug-likeness (QED) is 0.473. The topological polar surface area (TPSA) is 63.7 Å². The predicted octanol–water partition coefficient (Wildman–Crippen LogP) is 3.59. The molecule has 1 aliphatic heterocycles. The van der Waals surface area contributed by atoms with Crippen LogP contribution in [0.1, 0.15) is 27.1 Å². The van der Waals surface area contributed by atoms with E-state index < -0.39 is 17.8 Å². The molecular formula is C17H11Cl2NO4. The minimum atomic E-state index is -0.615. The van der Waals surface area contributed by atoms with Crippen LogP contribution in [0.25, 0.3) is 0 Å². The van der Waals surface area contributed by atoms with Gasteiger partial charge in [-0.25, -0.2) is 0 Å². The van der Waals surface area contributed by atoms with E-state index in [2.05, 4.69) is 0 Å². The Bertz CT molecular complexity index is 815. The maximum absolute atomic E-state index is 12.2. The standard InChI is InChI=1S/C17H11Cl2NO4/c18-12-6-3-7-13(15(12)19)24-14(21)8-9-20-16(22)10-4-1-2-5-11(10)17(20)23/h1-7H,8-9H2. The summed E-state index contributed by atoms with van der Waals surface area (Å²) in [7, 11) is 0. The van der Waals surface area contributed by atoms with Crippen LogP contribution in [0.5, 0.6) is 5.75 Å². The Morgan fingerprint density at radius 2 is 1.58 bits per heavy atom. The number of amides is 2. The van der Waals surface area contributed by atoms with E-state index >= 15 is 0 Å². The lowest BCUT2D eigenvalue weighted by Gasteiger charge is -2.13. The molecule has 2 aromatic rings. The van der Waals surface area contributed by atoms with Crippen LogP contribution in [-0.2, 0) is 4.79 Å². The summed E-state index contributed by atoms with van der Waals surface area (Å²) in [4.78, 5) is 37.4. The zero-order valence-electron chi connectivity index (χ0n) is 12.3. The fourth-order valence-electron chi connectivity index (χ4n) is 2.38. The van der Waals surface area contributed by atoms with E-state index in [4.69, 9.17) is 27.9 Å². The van der Waals surface area contributed by atoms with Gasteiger partial charge in [0.15, 0.2) is 5.75 Å². The average molecular weight is 364 g/mol. The van der Waals surface area contributed by atoms with Gasteiger partial charge >= 0.3 is 5.97 Å². The highest BCUT2D eigenvalue weighted by Gasteiger charge is 2.35. The van der Waals surface area contributed by atoms with Gasteiger partial charge in [0.2, 0.25) is 0 Å². The molecule has 0 bridgehead atoms. The monoisotopic (exact) mass is 363 g/mol. The third-order valence-corrected chi connectivity index (χ3v) is 4.36. The molecule has 5 nitrogen and oxygen atoms in total. The number of halogens is 2. The largest absolute Gasteiger partial charge is 0.425 e. The van der Waals surface area contributed by atoms with Crippen LogP contribution in [0, 0.1) is 0 Å². The molecular weight excluding hydrogens is 353 g/mol. The number of ether oxygens (including phenoxy) is 1. The van der Waals surface area contributed by atoms with Gasteiger partial charge in [0.05, 0.1) is 22.6 Å². The highest BCUT2D eigenvalue weighted by Crippen LogP contribution is 2.31. The summed E-state index contributed by atoms with van der Waals surface area (Å²) in [5, 5.41) is 0.399. The van der Waals surface area contributed by atoms with Crippen LogP contribution in [0.4, 0.5) is 0 Å². The molecule has 0 aliphatic carbocycles. The van der Waals surface area contributed by atoms with Crippen molar-refractivity contribution in [1.82, 2.24) is 4.90 Å². The fraction of sp³-hybridized carbons (Fsp3) is 0.118. The molecule has 1 aliphatic rings. The van der Waals surface area contributed by atoms with Crippen LogP contribution in [0.2, 0.25) is 10.0 Å². The second-order valence-electron chi connectivity index (χ2n) is 5.08. The van der Waals surface area contributed by atoms with Crippen LogP contribution in [0.15, 0.2) is 42.5 Å². The molecule has 0 saturated heterocycles. The summed E-state index contributed by atoms with van der Waals surface area (Å²) in [6.07, 6.45) is -0.145.